The molecule has 0 spiro atoms. The summed E-state index contributed by atoms with van der Waals surface area (Å²) in [7, 11) is 0. The molecule has 3 heterocycles. The van der Waals surface area contributed by atoms with E-state index in [2.05, 4.69) is 46.6 Å². The van der Waals surface area contributed by atoms with Gasteiger partial charge in [-0.05, 0) is 48.9 Å². The van der Waals surface area contributed by atoms with Crippen LogP contribution < -0.4 is 15.5 Å². The van der Waals surface area contributed by atoms with Crippen LogP contribution in [0.1, 0.15) is 44.4 Å². The van der Waals surface area contributed by atoms with E-state index in [1.54, 1.807) is 0 Å². The Morgan fingerprint density at radius 1 is 1.11 bits per heavy atom. The monoisotopic (exact) mass is 507 g/mol. The van der Waals surface area contributed by atoms with Gasteiger partial charge in [0.15, 0.2) is 10.8 Å². The number of benzene rings is 1. The number of hydrogen-bond donors (Lipinski definition) is 2. The summed E-state index contributed by atoms with van der Waals surface area (Å²) in [6, 6.07) is 11.2. The molecule has 2 aliphatic rings. The lowest BCUT2D eigenvalue weighted by Gasteiger charge is -2.38. The summed E-state index contributed by atoms with van der Waals surface area (Å²) in [6.07, 6.45) is -1.90. The number of halogens is 3. The van der Waals surface area contributed by atoms with Gasteiger partial charge in [0.25, 0.3) is 0 Å². The van der Waals surface area contributed by atoms with Gasteiger partial charge >= 0.3 is 6.18 Å². The Bertz CT molecular complexity index is 1000. The lowest BCUT2D eigenvalue weighted by atomic mass is 9.74. The first-order chi connectivity index (χ1) is 16.6. The number of aromatic nitrogens is 2. The van der Waals surface area contributed by atoms with Gasteiger partial charge < -0.3 is 20.3 Å². The third kappa shape index (κ3) is 6.41. The van der Waals surface area contributed by atoms with Crippen molar-refractivity contribution < 1.29 is 17.9 Å². The zero-order chi connectivity index (χ0) is 25.1. The number of piperidine rings is 1. The maximum Gasteiger partial charge on any atom is 0.433 e. The summed E-state index contributed by atoms with van der Waals surface area (Å²) in [5.41, 5.74) is 0.0268. The van der Waals surface area contributed by atoms with Gasteiger partial charge in [-0.25, -0.2) is 4.98 Å². The Kier molecular flexibility index (Phi) is 7.80. The van der Waals surface area contributed by atoms with Gasteiger partial charge in [-0.2, -0.15) is 18.2 Å². The molecular weight excluding hydrogens is 475 g/mol. The van der Waals surface area contributed by atoms with Crippen LogP contribution >= 0.6 is 12.2 Å². The first-order valence-corrected chi connectivity index (χ1v) is 12.4. The molecule has 2 fully saturated rings. The number of thiocarbonyl (C=S) groups is 1. The number of ether oxygens (including phenoxy) is 1. The number of rotatable bonds is 5. The molecule has 0 aliphatic carbocycles. The van der Waals surface area contributed by atoms with E-state index in [1.165, 1.54) is 5.56 Å². The summed E-state index contributed by atoms with van der Waals surface area (Å²) in [5, 5.41) is 6.20. The van der Waals surface area contributed by atoms with Gasteiger partial charge in [0, 0.05) is 44.3 Å². The van der Waals surface area contributed by atoms with E-state index >= 15 is 0 Å². The van der Waals surface area contributed by atoms with Crippen molar-refractivity contribution in [3.05, 3.63) is 47.7 Å². The maximum atomic E-state index is 13.6. The fourth-order valence-electron chi connectivity index (χ4n) is 5.16. The van der Waals surface area contributed by atoms with E-state index in [0.717, 1.165) is 25.3 Å². The van der Waals surface area contributed by atoms with Crippen LogP contribution in [0.4, 0.5) is 24.9 Å². The van der Waals surface area contributed by atoms with Crippen LogP contribution in [0.3, 0.4) is 0 Å². The highest BCUT2D eigenvalue weighted by molar-refractivity contribution is 7.80. The molecule has 1 aromatic heterocycles. The fourth-order valence-corrected chi connectivity index (χ4v) is 5.33. The minimum atomic E-state index is -4.59. The summed E-state index contributed by atoms with van der Waals surface area (Å²) in [5.74, 6) is 0.854. The molecule has 190 valence electrons. The van der Waals surface area contributed by atoms with Gasteiger partial charge in [-0.3, -0.25) is 0 Å². The summed E-state index contributed by atoms with van der Waals surface area (Å²) in [6.45, 7) is 7.33. The minimum Gasteiger partial charge on any atom is -0.381 e. The maximum absolute atomic E-state index is 13.6. The quantitative estimate of drug-likeness (QED) is 0.552. The number of nitrogens with zero attached hydrogens (tertiary/aromatic N) is 3. The van der Waals surface area contributed by atoms with E-state index in [-0.39, 0.29) is 22.3 Å². The van der Waals surface area contributed by atoms with Crippen molar-refractivity contribution in [1.82, 2.24) is 15.3 Å². The standard InChI is InChI=1S/C25H32F3N5OS/c1-17-12-18(2)15-33(14-17)21-13-20(25(26,27)28)30-22(31-21)32-23(35)29-16-24(8-10-34-11-9-24)19-6-4-3-5-7-19/h3-7,13,17-18H,8-12,14-16H2,1-2H3,(H2,29,30,31,32,35)/t17-,18+. The van der Waals surface area contributed by atoms with Crippen molar-refractivity contribution in [3.8, 4) is 0 Å². The fraction of sp³-hybridized carbons (Fsp3) is 0.560. The molecule has 2 aromatic rings. The largest absolute Gasteiger partial charge is 0.433 e. The Balaban J connectivity index is 1.51. The molecule has 0 saturated carbocycles. The predicted octanol–water partition coefficient (Wildman–Crippen LogP) is 5.01. The van der Waals surface area contributed by atoms with Crippen LogP contribution in [0.25, 0.3) is 0 Å². The van der Waals surface area contributed by atoms with E-state index < -0.39 is 11.9 Å². The zero-order valence-electron chi connectivity index (χ0n) is 20.1. The average molecular weight is 508 g/mol. The number of hydrogen-bond acceptors (Lipinski definition) is 5. The Hall–Kier alpha value is -2.46. The Morgan fingerprint density at radius 2 is 1.77 bits per heavy atom. The molecule has 2 saturated heterocycles. The molecule has 0 unspecified atom stereocenters. The molecule has 1 aromatic carbocycles. The van der Waals surface area contributed by atoms with Gasteiger partial charge in [0.05, 0.1) is 0 Å². The van der Waals surface area contributed by atoms with Gasteiger partial charge in [0.2, 0.25) is 5.95 Å². The van der Waals surface area contributed by atoms with Crippen molar-refractivity contribution in [1.29, 1.82) is 0 Å². The first kappa shape index (κ1) is 25.6. The van der Waals surface area contributed by atoms with E-state index in [1.807, 2.05) is 23.1 Å². The second-order valence-corrected chi connectivity index (χ2v) is 10.3. The van der Waals surface area contributed by atoms with Crippen molar-refractivity contribution in [2.75, 3.05) is 43.1 Å². The van der Waals surface area contributed by atoms with Crippen molar-refractivity contribution in [2.24, 2.45) is 11.8 Å². The molecule has 0 amide bonds. The smallest absolute Gasteiger partial charge is 0.381 e. The summed E-state index contributed by atoms with van der Waals surface area (Å²) < 4.78 is 46.5. The third-order valence-corrected chi connectivity index (χ3v) is 7.09. The topological polar surface area (TPSA) is 62.3 Å². The van der Waals surface area contributed by atoms with Crippen molar-refractivity contribution >= 4 is 29.1 Å². The predicted molar refractivity (Wildman–Crippen MR) is 135 cm³/mol. The summed E-state index contributed by atoms with van der Waals surface area (Å²) >= 11 is 5.45. The Labute approximate surface area is 209 Å². The number of anilines is 2. The second-order valence-electron chi connectivity index (χ2n) is 9.85. The minimum absolute atomic E-state index is 0.154. The molecule has 0 bridgehead atoms. The highest BCUT2D eigenvalue weighted by Gasteiger charge is 2.36. The molecule has 0 radical (unpaired) electrons. The van der Waals surface area contributed by atoms with Gasteiger partial charge in [-0.1, -0.05) is 44.2 Å². The normalized spacial score (nSPS) is 22.5. The highest BCUT2D eigenvalue weighted by Crippen LogP contribution is 2.35. The van der Waals surface area contributed by atoms with Gasteiger partial charge in [0.1, 0.15) is 5.82 Å². The van der Waals surface area contributed by atoms with Crippen LogP contribution in [0.2, 0.25) is 0 Å². The number of nitrogens with one attached hydrogen (secondary N) is 2. The Morgan fingerprint density at radius 3 is 2.40 bits per heavy atom. The lowest BCUT2D eigenvalue weighted by Crippen LogP contribution is -2.45. The van der Waals surface area contributed by atoms with Crippen LogP contribution in [0.15, 0.2) is 36.4 Å². The molecule has 2 atom stereocenters. The van der Waals surface area contributed by atoms with Crippen LogP contribution in [-0.4, -0.2) is 47.9 Å². The van der Waals surface area contributed by atoms with E-state index in [0.29, 0.717) is 44.7 Å². The second kappa shape index (κ2) is 10.7. The first-order valence-electron chi connectivity index (χ1n) is 12.0. The molecule has 10 heteroatoms. The van der Waals surface area contributed by atoms with Crippen LogP contribution in [0, 0.1) is 11.8 Å². The number of alkyl halides is 3. The molecule has 4 rings (SSSR count). The molecule has 6 nitrogen and oxygen atoms in total. The third-order valence-electron chi connectivity index (χ3n) is 6.84. The van der Waals surface area contributed by atoms with Crippen molar-refractivity contribution in [2.45, 2.75) is 44.7 Å². The van der Waals surface area contributed by atoms with E-state index in [4.69, 9.17) is 17.0 Å². The zero-order valence-corrected chi connectivity index (χ0v) is 20.9. The lowest BCUT2D eigenvalue weighted by molar-refractivity contribution is -0.141. The van der Waals surface area contributed by atoms with Crippen LogP contribution in [-0.2, 0) is 16.3 Å². The average Bonchev–Trinajstić information content (AvgIpc) is 2.82. The highest BCUT2D eigenvalue weighted by atomic mass is 32.1. The van der Waals surface area contributed by atoms with Crippen molar-refractivity contribution in [3.63, 3.8) is 0 Å². The SMILES string of the molecule is C[C@@H]1C[C@H](C)CN(c2cc(C(F)(F)F)nc(NC(=S)NCC3(c4ccccc4)CCOCC3)n2)C1. The molecular formula is C25H32F3N5OS. The summed E-state index contributed by atoms with van der Waals surface area (Å²) in [4.78, 5) is 10.0. The molecule has 2 aliphatic heterocycles. The van der Waals surface area contributed by atoms with E-state index in [9.17, 15) is 13.2 Å². The molecule has 35 heavy (non-hydrogen) atoms. The molecule has 2 N–H and O–H groups in total. The van der Waals surface area contributed by atoms with Crippen LogP contribution in [0.5, 0.6) is 0 Å². The van der Waals surface area contributed by atoms with Gasteiger partial charge in [-0.15, -0.1) is 0 Å².